The summed E-state index contributed by atoms with van der Waals surface area (Å²) in [7, 11) is 0.221. The van der Waals surface area contributed by atoms with Gasteiger partial charge in [0.2, 0.25) is 11.4 Å². The Balaban J connectivity index is 1.85. The Hall–Kier alpha value is -1.04. The van der Waals surface area contributed by atoms with Crippen molar-refractivity contribution in [2.45, 2.75) is 43.7 Å². The van der Waals surface area contributed by atoms with Crippen molar-refractivity contribution < 1.29 is 39.4 Å². The first-order valence-electron chi connectivity index (χ1n) is 10.1. The van der Waals surface area contributed by atoms with Crippen LogP contribution in [0.1, 0.15) is 20.3 Å². The van der Waals surface area contributed by atoms with Gasteiger partial charge in [0, 0.05) is 40.1 Å². The molecule has 0 aromatic carbocycles. The molecule has 3 unspecified atom stereocenters. The molecule has 178 valence electrons. The summed E-state index contributed by atoms with van der Waals surface area (Å²) >= 11 is 1.28. The molecule has 3 rings (SSSR count). The van der Waals surface area contributed by atoms with Crippen LogP contribution in [0.5, 0.6) is 0 Å². The van der Waals surface area contributed by atoms with Crippen molar-refractivity contribution in [1.29, 1.82) is 0 Å². The lowest BCUT2D eigenvalue weighted by Gasteiger charge is -2.46. The van der Waals surface area contributed by atoms with Gasteiger partial charge in [-0.3, -0.25) is 14.4 Å². The van der Waals surface area contributed by atoms with Crippen LogP contribution >= 0.6 is 29.2 Å². The van der Waals surface area contributed by atoms with Crippen molar-refractivity contribution in [3.05, 3.63) is 10.6 Å². The first kappa shape index (κ1) is 26.6. The van der Waals surface area contributed by atoms with Crippen molar-refractivity contribution in [1.82, 2.24) is 19.8 Å². The highest BCUT2D eigenvalue weighted by Crippen LogP contribution is 2.53. The Morgan fingerprint density at radius 2 is 1.85 bits per heavy atom. The summed E-state index contributed by atoms with van der Waals surface area (Å²) in [5, 5.41) is 37.0. The summed E-state index contributed by atoms with van der Waals surface area (Å²) in [5.74, 6) is -2.41. The monoisotopic (exact) mass is 516 g/mol. The Labute approximate surface area is 199 Å². The number of hydrogen-bond donors (Lipinski definition) is 6. The van der Waals surface area contributed by atoms with Crippen molar-refractivity contribution in [2.24, 2.45) is 11.8 Å². The number of hydrogen-bond acceptors (Lipinski definition) is 10. The second-order valence-electron chi connectivity index (χ2n) is 7.88. The van der Waals surface area contributed by atoms with Gasteiger partial charge in [0.15, 0.2) is 0 Å². The Morgan fingerprint density at radius 1 is 1.21 bits per heavy atom. The number of carbonyl (C=O) groups excluding carboxylic acids is 3. The van der Waals surface area contributed by atoms with Gasteiger partial charge in [-0.05, 0) is 13.3 Å². The smallest absolute Gasteiger partial charge is 0.397 e. The highest BCUT2D eigenvalue weighted by molar-refractivity contribution is 8.03. The molecule has 0 bridgehead atoms. The number of β-lactam (4-membered cyclic amide) rings is 1. The van der Waals surface area contributed by atoms with E-state index in [-0.39, 0.29) is 47.3 Å². The minimum Gasteiger partial charge on any atom is -0.480 e. The number of nitrogens with zero attached hydrogens (tertiary/aromatic N) is 2. The molecule has 0 aromatic rings. The largest absolute Gasteiger partial charge is 0.480 e. The minimum absolute atomic E-state index is 0.127. The zero-order valence-electron chi connectivity index (χ0n) is 17.8. The number of aliphatic carboxylic acids is 1. The number of thioether (sulfide) groups is 1. The Morgan fingerprint density at radius 3 is 2.42 bits per heavy atom. The topological polar surface area (TPSA) is 180 Å². The van der Waals surface area contributed by atoms with Crippen LogP contribution in [0.2, 0.25) is 0 Å². The number of aliphatic hydroxyl groups excluding tert-OH is 1. The molecular weight excluding hydrogens is 492 g/mol. The molecule has 3 aliphatic rings. The minimum atomic E-state index is -1.15. The molecule has 2 saturated heterocycles. The van der Waals surface area contributed by atoms with Crippen molar-refractivity contribution >= 4 is 67.5 Å². The maximum Gasteiger partial charge on any atom is 0.397 e. The summed E-state index contributed by atoms with van der Waals surface area (Å²) in [6, 6.07) is -1.43. The molecule has 2 fully saturated rings. The van der Waals surface area contributed by atoms with E-state index in [0.29, 0.717) is 20.1 Å². The fourth-order valence-corrected chi connectivity index (χ4v) is 7.30. The SMILES string of the molecule is C[C@H]1C(S[C@H]2C[C@@H](C(=O)O)N(C(=O)PN[B]O)C2)=C(C(=O)PN[B]O)N2C(=O)[C@H]([C@@H](C)O)C12. The van der Waals surface area contributed by atoms with Gasteiger partial charge in [0.1, 0.15) is 11.7 Å². The van der Waals surface area contributed by atoms with Gasteiger partial charge in [0.05, 0.1) is 18.1 Å². The number of likely N-dealkylation sites (tertiary alicyclic amines) is 1. The Kier molecular flexibility index (Phi) is 8.96. The highest BCUT2D eigenvalue weighted by atomic mass is 32.2. The van der Waals surface area contributed by atoms with E-state index in [4.69, 9.17) is 10.0 Å². The van der Waals surface area contributed by atoms with E-state index >= 15 is 0 Å². The van der Waals surface area contributed by atoms with Crippen LogP contribution in [0.3, 0.4) is 0 Å². The number of allylic oxidation sites excluding steroid dienone is 1. The van der Waals surface area contributed by atoms with E-state index < -0.39 is 47.1 Å². The van der Waals surface area contributed by atoms with E-state index in [1.54, 1.807) is 0 Å². The first-order valence-corrected chi connectivity index (χ1v) is 13.0. The molecule has 0 aromatic heterocycles. The number of rotatable bonds is 11. The number of nitrogens with one attached hydrogen (secondary N) is 2. The van der Waals surface area contributed by atoms with Crippen LogP contribution in [0.4, 0.5) is 4.79 Å². The number of fused-ring (bicyclic) bond motifs is 1. The van der Waals surface area contributed by atoms with Crippen molar-refractivity contribution in [3.63, 3.8) is 0 Å². The Bertz CT molecular complexity index is 868. The molecule has 3 heterocycles. The molecule has 3 aliphatic heterocycles. The second-order valence-corrected chi connectivity index (χ2v) is 11.2. The summed E-state index contributed by atoms with van der Waals surface area (Å²) in [6.45, 7) is 3.51. The van der Waals surface area contributed by atoms with E-state index in [1.165, 1.54) is 28.5 Å². The normalized spacial score (nSPS) is 30.3. The highest BCUT2D eigenvalue weighted by Gasteiger charge is 2.60. The van der Waals surface area contributed by atoms with Crippen molar-refractivity contribution in [2.75, 3.05) is 6.54 Å². The summed E-state index contributed by atoms with van der Waals surface area (Å²) in [5.41, 5.74) is -0.653. The third kappa shape index (κ3) is 5.16. The van der Waals surface area contributed by atoms with Crippen LogP contribution in [0, 0.1) is 11.8 Å². The average molecular weight is 516 g/mol. The number of amides is 2. The van der Waals surface area contributed by atoms with Gasteiger partial charge in [0.25, 0.3) is 5.65 Å². The maximum atomic E-state index is 12.9. The van der Waals surface area contributed by atoms with Gasteiger partial charge < -0.3 is 40.1 Å². The van der Waals surface area contributed by atoms with Gasteiger partial charge in [-0.15, -0.1) is 11.8 Å². The fraction of sp³-hybridized carbons (Fsp3) is 0.625. The molecule has 2 radical (unpaired) electrons. The van der Waals surface area contributed by atoms with E-state index in [9.17, 15) is 29.4 Å². The lowest BCUT2D eigenvalue weighted by molar-refractivity contribution is -0.160. The summed E-state index contributed by atoms with van der Waals surface area (Å²) < 4.78 is 0. The number of carboxylic acids is 1. The first-order chi connectivity index (χ1) is 15.6. The number of carboxylic acid groups (broad SMARTS) is 1. The lowest BCUT2D eigenvalue weighted by atomic mass is 9.79. The van der Waals surface area contributed by atoms with Gasteiger partial charge in [-0.25, -0.2) is 4.79 Å². The molecule has 17 heteroatoms. The number of carbonyl (C=O) groups is 4. The molecule has 8 atom stereocenters. The lowest BCUT2D eigenvalue weighted by Crippen LogP contribution is -2.63. The third-order valence-electron chi connectivity index (χ3n) is 5.92. The standard InChI is InChI=1S/C16H24B2N4O8P2S/c1-5-10-9(6(2)23)13(24)22(10)11(15(27)31-19-17-29)12(5)33-7-3-8(14(25)26)21(4-7)16(28)32-20-18-30/h5-10,19-20,23,29-32H,3-4H2,1-2H3,(H,25,26)/t5-,6-,7+,8+,9-,10?/m1/s1. The van der Waals surface area contributed by atoms with E-state index in [2.05, 4.69) is 10.00 Å². The quantitative estimate of drug-likeness (QED) is 0.106. The molecule has 2 amide bonds. The van der Waals surface area contributed by atoms with E-state index in [1.807, 2.05) is 6.92 Å². The molecule has 12 nitrogen and oxygen atoms in total. The van der Waals surface area contributed by atoms with Crippen LogP contribution in [0.25, 0.3) is 0 Å². The molecule has 0 aliphatic carbocycles. The van der Waals surface area contributed by atoms with Crippen LogP contribution < -0.4 is 10.00 Å². The van der Waals surface area contributed by atoms with Gasteiger partial charge >= 0.3 is 21.2 Å². The second kappa shape index (κ2) is 11.1. The van der Waals surface area contributed by atoms with Crippen LogP contribution in [-0.4, -0.2) is 98.3 Å². The molecular formula is C16H24B2N4O8P2S. The predicted molar refractivity (Wildman–Crippen MR) is 125 cm³/mol. The maximum absolute atomic E-state index is 12.9. The van der Waals surface area contributed by atoms with Crippen LogP contribution in [-0.2, 0) is 14.4 Å². The average Bonchev–Trinajstić information content (AvgIpc) is 3.28. The zero-order valence-corrected chi connectivity index (χ0v) is 20.6. The molecule has 0 saturated carbocycles. The van der Waals surface area contributed by atoms with Gasteiger partial charge in [-0.1, -0.05) is 6.92 Å². The third-order valence-corrected chi connectivity index (χ3v) is 8.93. The van der Waals surface area contributed by atoms with Gasteiger partial charge in [-0.2, -0.15) is 0 Å². The predicted octanol–water partition coefficient (Wildman–Crippen LogP) is -1.62. The molecule has 6 N–H and O–H groups in total. The number of aliphatic hydroxyl groups is 1. The summed E-state index contributed by atoms with van der Waals surface area (Å²) in [6.07, 6.45) is -0.735. The zero-order chi connectivity index (χ0) is 24.4. The fourth-order valence-electron chi connectivity index (χ4n) is 4.54. The van der Waals surface area contributed by atoms with Crippen molar-refractivity contribution in [3.8, 4) is 0 Å². The molecule has 33 heavy (non-hydrogen) atoms. The summed E-state index contributed by atoms with van der Waals surface area (Å²) in [4.78, 5) is 57.9. The van der Waals surface area contributed by atoms with E-state index in [0.717, 1.165) is 0 Å². The molecule has 0 spiro atoms. The van der Waals surface area contributed by atoms with Crippen LogP contribution in [0.15, 0.2) is 10.6 Å².